The third-order valence-corrected chi connectivity index (χ3v) is 2.33. The largest absolute Gasteiger partial charge is 0.327 e. The molecule has 0 fully saturated rings. The molecule has 3 nitrogen and oxygen atoms in total. The van der Waals surface area contributed by atoms with Gasteiger partial charge >= 0.3 is 0 Å². The van der Waals surface area contributed by atoms with Gasteiger partial charge in [0.15, 0.2) is 0 Å². The first-order chi connectivity index (χ1) is 7.40. The molecule has 6 heteroatoms. The molecule has 2 atom stereocenters. The van der Waals surface area contributed by atoms with Gasteiger partial charge in [-0.05, 0) is 19.1 Å². The fourth-order valence-corrected chi connectivity index (χ4v) is 1.12. The van der Waals surface area contributed by atoms with Gasteiger partial charge in [0.1, 0.15) is 11.6 Å². The fourth-order valence-electron chi connectivity index (χ4n) is 1.12. The second-order valence-corrected chi connectivity index (χ2v) is 3.80. The van der Waals surface area contributed by atoms with Crippen LogP contribution in [0.5, 0.6) is 0 Å². The van der Waals surface area contributed by atoms with Gasteiger partial charge in [0.2, 0.25) is 5.91 Å². The summed E-state index contributed by atoms with van der Waals surface area (Å²) < 4.78 is 25.6. The maximum atomic E-state index is 12.8. The molecular formula is C11H15ClF2N2O. The Bertz CT molecular complexity index is 379. The summed E-state index contributed by atoms with van der Waals surface area (Å²) in [6, 6.07) is 2.52. The van der Waals surface area contributed by atoms with Crippen LogP contribution >= 0.6 is 12.4 Å². The average Bonchev–Trinajstić information content (AvgIpc) is 2.14. The van der Waals surface area contributed by atoms with E-state index in [-0.39, 0.29) is 30.0 Å². The van der Waals surface area contributed by atoms with E-state index in [1.807, 2.05) is 0 Å². The monoisotopic (exact) mass is 264 g/mol. The normalized spacial score (nSPS) is 13.5. The van der Waals surface area contributed by atoms with E-state index in [1.165, 1.54) is 0 Å². The molecule has 0 saturated heterocycles. The Kier molecular flexibility index (Phi) is 6.05. The highest BCUT2D eigenvalue weighted by molar-refractivity contribution is 5.92. The Balaban J connectivity index is 0.00000256. The highest BCUT2D eigenvalue weighted by Gasteiger charge is 2.17. The maximum absolute atomic E-state index is 12.8. The van der Waals surface area contributed by atoms with Crippen LogP contribution in [0.15, 0.2) is 18.2 Å². The average molecular weight is 265 g/mol. The summed E-state index contributed by atoms with van der Waals surface area (Å²) >= 11 is 0. The number of carbonyl (C=O) groups is 1. The van der Waals surface area contributed by atoms with E-state index in [2.05, 4.69) is 5.32 Å². The van der Waals surface area contributed by atoms with Crippen molar-refractivity contribution in [2.24, 2.45) is 11.7 Å². The summed E-state index contributed by atoms with van der Waals surface area (Å²) in [5.41, 5.74) is 5.63. The Hall–Kier alpha value is -1.20. The molecule has 0 aliphatic carbocycles. The lowest BCUT2D eigenvalue weighted by atomic mass is 10.0. The molecule has 0 aliphatic heterocycles. The van der Waals surface area contributed by atoms with Crippen molar-refractivity contribution in [1.29, 1.82) is 0 Å². The fraction of sp³-hybridized carbons (Fsp3) is 0.364. The van der Waals surface area contributed by atoms with Crippen molar-refractivity contribution < 1.29 is 13.6 Å². The number of amides is 1. The predicted molar refractivity (Wildman–Crippen MR) is 65.0 cm³/mol. The standard InChI is InChI=1S/C11H14F2N2O.ClH/c1-6(7(2)14)11(16)15-10-4-8(12)3-9(13)5-10;/h3-7H,14H2,1-2H3,(H,15,16);1H. The third kappa shape index (κ3) is 4.66. The van der Waals surface area contributed by atoms with Crippen molar-refractivity contribution in [3.05, 3.63) is 29.8 Å². The SMILES string of the molecule is CC(N)C(C)C(=O)Nc1cc(F)cc(F)c1.Cl. The van der Waals surface area contributed by atoms with Gasteiger partial charge in [0.05, 0.1) is 5.92 Å². The number of benzene rings is 1. The van der Waals surface area contributed by atoms with Crippen LogP contribution < -0.4 is 11.1 Å². The number of hydrogen-bond acceptors (Lipinski definition) is 2. The van der Waals surface area contributed by atoms with Crippen LogP contribution in [0.2, 0.25) is 0 Å². The lowest BCUT2D eigenvalue weighted by Gasteiger charge is -2.15. The zero-order chi connectivity index (χ0) is 12.3. The maximum Gasteiger partial charge on any atom is 0.228 e. The van der Waals surface area contributed by atoms with Gasteiger partial charge in [-0.1, -0.05) is 6.92 Å². The van der Waals surface area contributed by atoms with Crippen molar-refractivity contribution in [2.45, 2.75) is 19.9 Å². The molecule has 0 spiro atoms. The highest BCUT2D eigenvalue weighted by Crippen LogP contribution is 2.14. The minimum atomic E-state index is -0.733. The minimum absolute atomic E-state index is 0. The quantitative estimate of drug-likeness (QED) is 0.880. The van der Waals surface area contributed by atoms with Crippen LogP contribution in [0.1, 0.15) is 13.8 Å². The molecule has 96 valence electrons. The van der Waals surface area contributed by atoms with Gasteiger partial charge in [-0.15, -0.1) is 12.4 Å². The number of carbonyl (C=O) groups excluding carboxylic acids is 1. The summed E-state index contributed by atoms with van der Waals surface area (Å²) in [5, 5.41) is 2.41. The summed E-state index contributed by atoms with van der Waals surface area (Å²) in [5.74, 6) is -2.25. The van der Waals surface area contributed by atoms with E-state index >= 15 is 0 Å². The summed E-state index contributed by atoms with van der Waals surface area (Å²) in [7, 11) is 0. The molecule has 1 rings (SSSR count). The molecule has 0 heterocycles. The van der Waals surface area contributed by atoms with Crippen molar-refractivity contribution in [2.75, 3.05) is 5.32 Å². The summed E-state index contributed by atoms with van der Waals surface area (Å²) in [6.07, 6.45) is 0. The number of halogens is 3. The first-order valence-electron chi connectivity index (χ1n) is 4.92. The summed E-state index contributed by atoms with van der Waals surface area (Å²) in [6.45, 7) is 3.34. The number of anilines is 1. The first kappa shape index (κ1) is 15.8. The Morgan fingerprint density at radius 3 is 2.12 bits per heavy atom. The van der Waals surface area contributed by atoms with Crippen molar-refractivity contribution in [1.82, 2.24) is 0 Å². The van der Waals surface area contributed by atoms with Crippen LogP contribution in [0.25, 0.3) is 0 Å². The molecule has 17 heavy (non-hydrogen) atoms. The van der Waals surface area contributed by atoms with Gasteiger partial charge in [-0.25, -0.2) is 8.78 Å². The van der Waals surface area contributed by atoms with Gasteiger partial charge in [-0.3, -0.25) is 4.79 Å². The van der Waals surface area contributed by atoms with Gasteiger partial charge in [-0.2, -0.15) is 0 Å². The van der Waals surface area contributed by atoms with Crippen LogP contribution in [0.3, 0.4) is 0 Å². The molecule has 1 amide bonds. The number of nitrogens with one attached hydrogen (secondary N) is 1. The molecule has 3 N–H and O–H groups in total. The van der Waals surface area contributed by atoms with Gasteiger partial charge in [0.25, 0.3) is 0 Å². The molecule has 1 aromatic carbocycles. The van der Waals surface area contributed by atoms with Crippen LogP contribution in [0, 0.1) is 17.6 Å². The summed E-state index contributed by atoms with van der Waals surface area (Å²) in [4.78, 5) is 11.5. The zero-order valence-electron chi connectivity index (χ0n) is 9.54. The van der Waals surface area contributed by atoms with Crippen LogP contribution in [0.4, 0.5) is 14.5 Å². The lowest BCUT2D eigenvalue weighted by Crippen LogP contribution is -2.34. The number of rotatable bonds is 3. The molecule has 1 aromatic rings. The van der Waals surface area contributed by atoms with Crippen LogP contribution in [-0.2, 0) is 4.79 Å². The topological polar surface area (TPSA) is 55.1 Å². The lowest BCUT2D eigenvalue weighted by molar-refractivity contribution is -0.119. The van der Waals surface area contributed by atoms with Crippen molar-refractivity contribution in [3.63, 3.8) is 0 Å². The molecule has 0 aliphatic rings. The van der Waals surface area contributed by atoms with E-state index < -0.39 is 17.6 Å². The Morgan fingerprint density at radius 2 is 1.71 bits per heavy atom. The molecule has 0 radical (unpaired) electrons. The molecule has 0 saturated carbocycles. The molecular weight excluding hydrogens is 250 g/mol. The van der Waals surface area contributed by atoms with E-state index in [4.69, 9.17) is 5.73 Å². The van der Waals surface area contributed by atoms with Crippen molar-refractivity contribution in [3.8, 4) is 0 Å². The first-order valence-corrected chi connectivity index (χ1v) is 4.92. The zero-order valence-corrected chi connectivity index (χ0v) is 10.4. The highest BCUT2D eigenvalue weighted by atomic mass is 35.5. The molecule has 0 aromatic heterocycles. The smallest absolute Gasteiger partial charge is 0.228 e. The Labute approximate surface area is 105 Å². The molecule has 2 unspecified atom stereocenters. The minimum Gasteiger partial charge on any atom is -0.327 e. The van der Waals surface area contributed by atoms with E-state index in [9.17, 15) is 13.6 Å². The predicted octanol–water partition coefficient (Wildman–Crippen LogP) is 2.31. The second kappa shape index (κ2) is 6.51. The van der Waals surface area contributed by atoms with E-state index in [0.717, 1.165) is 18.2 Å². The number of hydrogen-bond donors (Lipinski definition) is 2. The van der Waals surface area contributed by atoms with Gasteiger partial charge < -0.3 is 11.1 Å². The van der Waals surface area contributed by atoms with E-state index in [0.29, 0.717) is 0 Å². The van der Waals surface area contributed by atoms with Crippen molar-refractivity contribution >= 4 is 24.0 Å². The molecule has 0 bridgehead atoms. The van der Waals surface area contributed by atoms with Gasteiger partial charge in [0, 0.05) is 17.8 Å². The Morgan fingerprint density at radius 1 is 1.24 bits per heavy atom. The number of nitrogens with two attached hydrogens (primary N) is 1. The third-order valence-electron chi connectivity index (χ3n) is 2.33. The van der Waals surface area contributed by atoms with E-state index in [1.54, 1.807) is 13.8 Å². The van der Waals surface area contributed by atoms with Crippen LogP contribution in [-0.4, -0.2) is 11.9 Å². The second-order valence-electron chi connectivity index (χ2n) is 3.80.